The zero-order valence-electron chi connectivity index (χ0n) is 18.5. The van der Waals surface area contributed by atoms with Gasteiger partial charge in [0.25, 0.3) is 0 Å². The van der Waals surface area contributed by atoms with Crippen molar-refractivity contribution in [2.75, 3.05) is 13.6 Å². The smallest absolute Gasteiger partial charge is 0.0633 e. The molecule has 0 aromatic heterocycles. The van der Waals surface area contributed by atoms with Gasteiger partial charge in [0.2, 0.25) is 0 Å². The van der Waals surface area contributed by atoms with Crippen molar-refractivity contribution in [2.45, 2.75) is 47.5 Å². The molecule has 0 saturated carbocycles. The fourth-order valence-corrected chi connectivity index (χ4v) is 3.63. The van der Waals surface area contributed by atoms with Gasteiger partial charge in [-0.2, -0.15) is 0 Å². The molecule has 2 nitrogen and oxygen atoms in total. The monoisotopic (exact) mass is 376 g/mol. The summed E-state index contributed by atoms with van der Waals surface area (Å²) in [5, 5.41) is 2.23. The van der Waals surface area contributed by atoms with Crippen molar-refractivity contribution in [2.24, 2.45) is 5.92 Å². The van der Waals surface area contributed by atoms with Crippen LogP contribution in [0.1, 0.15) is 63.3 Å². The molecule has 1 aliphatic rings. The first kappa shape index (κ1) is 22.0. The third kappa shape index (κ3) is 5.14. The Bertz CT molecular complexity index is 823. The van der Waals surface area contributed by atoms with Gasteiger partial charge >= 0.3 is 0 Å². The Labute approximate surface area is 171 Å². The summed E-state index contributed by atoms with van der Waals surface area (Å²) in [7, 11) is 1.99. The minimum atomic E-state index is 0.833. The molecule has 1 N–H and O–H groups in total. The summed E-state index contributed by atoms with van der Waals surface area (Å²) >= 11 is 0. The number of hydrogen-bond donors (Lipinski definition) is 1. The third-order valence-electron chi connectivity index (χ3n) is 4.89. The molecule has 0 bridgehead atoms. The molecule has 150 valence electrons. The summed E-state index contributed by atoms with van der Waals surface area (Å²) in [4.78, 5) is 0. The zero-order chi connectivity index (χ0) is 20.7. The van der Waals surface area contributed by atoms with Gasteiger partial charge in [0.1, 0.15) is 0 Å². The van der Waals surface area contributed by atoms with Gasteiger partial charge < -0.3 is 5.01 Å². The Morgan fingerprint density at radius 3 is 2.04 bits per heavy atom. The fourth-order valence-electron chi connectivity index (χ4n) is 3.63. The van der Waals surface area contributed by atoms with Crippen molar-refractivity contribution in [3.63, 3.8) is 0 Å². The Morgan fingerprint density at radius 2 is 1.46 bits per heavy atom. The van der Waals surface area contributed by atoms with Gasteiger partial charge in [0.15, 0.2) is 0 Å². The van der Waals surface area contributed by atoms with Gasteiger partial charge in [-0.15, -0.1) is 0 Å². The minimum Gasteiger partial charge on any atom is -0.308 e. The molecule has 1 aliphatic carbocycles. The van der Waals surface area contributed by atoms with Crippen LogP contribution in [0.25, 0.3) is 16.8 Å². The topological polar surface area (TPSA) is 15.3 Å². The molecule has 0 fully saturated rings. The molecule has 3 rings (SSSR count). The zero-order valence-corrected chi connectivity index (χ0v) is 18.5. The van der Waals surface area contributed by atoms with Gasteiger partial charge in [0, 0.05) is 19.2 Å². The molecule has 2 heteroatoms. The lowest BCUT2D eigenvalue weighted by Gasteiger charge is -2.29. The Kier molecular flexibility index (Phi) is 8.07. The summed E-state index contributed by atoms with van der Waals surface area (Å²) in [6.07, 6.45) is 2.01. The highest BCUT2D eigenvalue weighted by Gasteiger charge is 2.21. The highest BCUT2D eigenvalue weighted by molar-refractivity contribution is 5.93. The SMILES string of the molecule is C=C1CCc2ccccc2/C(C)=C(/N(CC)NC)c2ccccc21.CC(C)C. The van der Waals surface area contributed by atoms with Gasteiger partial charge in [-0.1, -0.05) is 75.9 Å². The van der Waals surface area contributed by atoms with Crippen molar-refractivity contribution < 1.29 is 0 Å². The quantitative estimate of drug-likeness (QED) is 0.603. The Morgan fingerprint density at radius 1 is 0.929 bits per heavy atom. The van der Waals surface area contributed by atoms with E-state index in [1.54, 1.807) is 0 Å². The molecule has 0 aliphatic heterocycles. The van der Waals surface area contributed by atoms with Crippen molar-refractivity contribution in [1.29, 1.82) is 0 Å². The molecule has 2 aromatic rings. The summed E-state index contributed by atoms with van der Waals surface area (Å²) in [6, 6.07) is 17.4. The molecule has 0 radical (unpaired) electrons. The lowest BCUT2D eigenvalue weighted by atomic mass is 9.94. The lowest BCUT2D eigenvalue weighted by molar-refractivity contribution is 0.336. The van der Waals surface area contributed by atoms with Crippen LogP contribution < -0.4 is 5.43 Å². The first-order valence-corrected chi connectivity index (χ1v) is 10.4. The second-order valence-electron chi connectivity index (χ2n) is 7.98. The van der Waals surface area contributed by atoms with Crippen LogP contribution in [-0.4, -0.2) is 18.6 Å². The molecule has 0 amide bonds. The molecule has 0 saturated heterocycles. The molecule has 28 heavy (non-hydrogen) atoms. The molecular weight excluding hydrogens is 340 g/mol. The predicted octanol–water partition coefficient (Wildman–Crippen LogP) is 6.65. The van der Waals surface area contributed by atoms with Gasteiger partial charge in [-0.25, -0.2) is 5.43 Å². The average Bonchev–Trinajstić information content (AvgIpc) is 2.73. The van der Waals surface area contributed by atoms with Crippen molar-refractivity contribution in [3.05, 3.63) is 77.4 Å². The molecular formula is C26H36N2. The molecule has 0 atom stereocenters. The van der Waals surface area contributed by atoms with Crippen LogP contribution in [-0.2, 0) is 6.42 Å². The standard InChI is InChI=1S/C22H26N2.C4H10/c1-5-24(23-4)22-17(3)20-12-7-6-10-18(20)15-14-16(2)19-11-8-9-13-21(19)22;1-4(2)3/h6-13,23H,2,5,14-15H2,1,3-4H3;4H,1-3H3/b22-17+;. The fraction of sp³-hybridized carbons (Fsp3) is 0.385. The van der Waals surface area contributed by atoms with Crippen LogP contribution in [0.4, 0.5) is 0 Å². The van der Waals surface area contributed by atoms with Gasteiger partial charge in [-0.05, 0) is 60.4 Å². The van der Waals surface area contributed by atoms with E-state index >= 15 is 0 Å². The Hall–Kier alpha value is -2.32. The summed E-state index contributed by atoms with van der Waals surface area (Å²) < 4.78 is 0. The van der Waals surface area contributed by atoms with Crippen LogP contribution >= 0.6 is 0 Å². The number of fused-ring (bicyclic) bond motifs is 2. The Balaban J connectivity index is 0.000000640. The molecule has 0 unspecified atom stereocenters. The molecule has 2 aromatic carbocycles. The van der Waals surface area contributed by atoms with Crippen LogP contribution in [0.15, 0.2) is 55.1 Å². The summed E-state index contributed by atoms with van der Waals surface area (Å²) in [5.74, 6) is 0.833. The summed E-state index contributed by atoms with van der Waals surface area (Å²) in [6.45, 7) is 16.2. The van der Waals surface area contributed by atoms with E-state index in [-0.39, 0.29) is 0 Å². The first-order valence-electron chi connectivity index (χ1n) is 10.4. The maximum Gasteiger partial charge on any atom is 0.0633 e. The maximum absolute atomic E-state index is 4.38. The predicted molar refractivity (Wildman–Crippen MR) is 125 cm³/mol. The van der Waals surface area contributed by atoms with E-state index in [1.807, 2.05) is 7.05 Å². The number of hydrazine groups is 1. The number of nitrogens with zero attached hydrogens (tertiary/aromatic N) is 1. The lowest BCUT2D eigenvalue weighted by Crippen LogP contribution is -2.34. The van der Waals surface area contributed by atoms with Crippen LogP contribution in [0.2, 0.25) is 0 Å². The number of allylic oxidation sites excluding steroid dienone is 2. The van der Waals surface area contributed by atoms with E-state index in [1.165, 1.54) is 39.1 Å². The summed E-state index contributed by atoms with van der Waals surface area (Å²) in [5.41, 5.74) is 12.4. The first-order chi connectivity index (χ1) is 13.4. The maximum atomic E-state index is 4.38. The number of nitrogens with one attached hydrogen (secondary N) is 1. The van der Waals surface area contributed by atoms with E-state index in [0.29, 0.717) is 0 Å². The van der Waals surface area contributed by atoms with Gasteiger partial charge in [0.05, 0.1) is 5.70 Å². The average molecular weight is 377 g/mol. The number of hydrogen-bond acceptors (Lipinski definition) is 2. The highest BCUT2D eigenvalue weighted by Crippen LogP contribution is 2.37. The highest BCUT2D eigenvalue weighted by atomic mass is 15.5. The van der Waals surface area contributed by atoms with Crippen LogP contribution in [0.3, 0.4) is 0 Å². The van der Waals surface area contributed by atoms with Crippen LogP contribution in [0, 0.1) is 5.92 Å². The number of rotatable bonds is 3. The van der Waals surface area contributed by atoms with Gasteiger partial charge in [-0.3, -0.25) is 0 Å². The number of benzene rings is 2. The largest absolute Gasteiger partial charge is 0.308 e. The van der Waals surface area contributed by atoms with Crippen molar-refractivity contribution in [3.8, 4) is 0 Å². The second-order valence-corrected chi connectivity index (χ2v) is 7.98. The second kappa shape index (κ2) is 10.3. The van der Waals surface area contributed by atoms with Crippen molar-refractivity contribution in [1.82, 2.24) is 10.4 Å². The molecule has 0 heterocycles. The van der Waals surface area contributed by atoms with E-state index in [9.17, 15) is 0 Å². The van der Waals surface area contributed by atoms with Crippen molar-refractivity contribution >= 4 is 16.8 Å². The van der Waals surface area contributed by atoms with E-state index < -0.39 is 0 Å². The molecule has 0 spiro atoms. The minimum absolute atomic E-state index is 0.833. The third-order valence-corrected chi connectivity index (χ3v) is 4.89. The normalized spacial score (nSPS) is 16.2. The van der Waals surface area contributed by atoms with E-state index in [4.69, 9.17) is 0 Å². The van der Waals surface area contributed by atoms with E-state index in [2.05, 4.69) is 100 Å². The number of aryl methyl sites for hydroxylation is 1. The van der Waals surface area contributed by atoms with Crippen LogP contribution in [0.5, 0.6) is 0 Å². The van der Waals surface area contributed by atoms with E-state index in [0.717, 1.165) is 25.3 Å².